The van der Waals surface area contributed by atoms with Crippen molar-refractivity contribution in [2.24, 2.45) is 7.05 Å². The van der Waals surface area contributed by atoms with Gasteiger partial charge in [0.15, 0.2) is 5.95 Å². The second-order valence-corrected chi connectivity index (χ2v) is 25.1. The minimum atomic E-state index is -4.41. The Kier molecular flexibility index (Phi) is 41.7. The van der Waals surface area contributed by atoms with E-state index in [0.29, 0.717) is 127 Å². The summed E-state index contributed by atoms with van der Waals surface area (Å²) in [5.41, 5.74) is 1.23. The van der Waals surface area contributed by atoms with Crippen LogP contribution in [0.3, 0.4) is 0 Å². The maximum Gasteiger partial charge on any atom is 0.373 e. The number of aromatic amines is 1. The molecule has 1 aliphatic heterocycles. The minimum absolute atomic E-state index is 0.0554. The summed E-state index contributed by atoms with van der Waals surface area (Å²) in [6.07, 6.45) is 8.63. The molecule has 0 saturated carbocycles. The number of aryl methyl sites for hydroxylation is 3. The predicted molar refractivity (Wildman–Crippen MR) is 370 cm³/mol. The zero-order chi connectivity index (χ0) is 73.8. The highest BCUT2D eigenvalue weighted by atomic mass is 32.2. The fourth-order valence-electron chi connectivity index (χ4n) is 10.2. The Balaban J connectivity index is 0.000000557. The van der Waals surface area contributed by atoms with Gasteiger partial charge in [0.2, 0.25) is 39.1 Å². The minimum Gasteiger partial charge on any atom is -0.494 e. The fourth-order valence-corrected chi connectivity index (χ4v) is 11.8. The summed E-state index contributed by atoms with van der Waals surface area (Å²) in [5.74, 6) is -3.32. The van der Waals surface area contributed by atoms with Gasteiger partial charge in [0, 0.05) is 150 Å². The van der Waals surface area contributed by atoms with Gasteiger partial charge in [-0.2, -0.15) is 14.3 Å². The number of aliphatic carboxylic acids is 2. The van der Waals surface area contributed by atoms with E-state index in [9.17, 15) is 57.0 Å². The second kappa shape index (κ2) is 48.5. The van der Waals surface area contributed by atoms with Gasteiger partial charge >= 0.3 is 18.1 Å². The first-order valence-electron chi connectivity index (χ1n) is 33.4. The van der Waals surface area contributed by atoms with E-state index in [4.69, 9.17) is 33.3 Å². The number of hydrogen-bond acceptors (Lipinski definition) is 23. The van der Waals surface area contributed by atoms with E-state index in [1.807, 2.05) is 16.8 Å². The van der Waals surface area contributed by atoms with Crippen LogP contribution in [0.5, 0.6) is 5.75 Å². The van der Waals surface area contributed by atoms with Crippen LogP contribution in [0.25, 0.3) is 10.9 Å². The topological polar surface area (TPSA) is 422 Å². The van der Waals surface area contributed by atoms with Crippen LogP contribution in [0, 0.1) is 13.8 Å². The first kappa shape index (κ1) is 85.9. The van der Waals surface area contributed by atoms with Gasteiger partial charge in [-0.1, -0.05) is 26.3 Å². The van der Waals surface area contributed by atoms with Crippen molar-refractivity contribution in [3.8, 4) is 5.75 Å². The van der Waals surface area contributed by atoms with Crippen molar-refractivity contribution in [1.29, 1.82) is 0 Å². The van der Waals surface area contributed by atoms with Crippen LogP contribution < -0.4 is 46.8 Å². The van der Waals surface area contributed by atoms with Gasteiger partial charge in [0.1, 0.15) is 23.4 Å². The maximum atomic E-state index is 13.5. The number of likely N-dealkylation sites (N-methyl/N-ethyl adjacent to an activating group) is 3. The normalized spacial score (nSPS) is 14.0. The number of carboxylic acids is 2. The summed E-state index contributed by atoms with van der Waals surface area (Å²) in [5, 5.41) is 35.9. The third-order valence-electron chi connectivity index (χ3n) is 15.6. The number of rotatable bonds is 41. The highest BCUT2D eigenvalue weighted by Crippen LogP contribution is 2.26. The van der Waals surface area contributed by atoms with Crippen molar-refractivity contribution < 1.29 is 85.5 Å². The number of H-pyrrole nitrogens is 1. The van der Waals surface area contributed by atoms with Crippen molar-refractivity contribution >= 4 is 74.5 Å². The standard InChI is InChI=1S/C41H57N7O11S.C24H47N7O6.CO2/c1-5-6-15-56-18-20-58-21-19-57-16-8-12-42-36(49)9-7-17-59-31-22-28(2)38(29(3)23-31)60(54,55)47-34(40(52)53)26-45-39(51)33-27-48(4)35-24-30(10-11-32(35)37(33)50)25-46-41-43-13-14-44-41;1-5-29-11-9-28(3)10-12-31(19-23(34)35)16-15-30(14-13-29)18-22(33)27-20(24(36)25-2)6-7-21(32)26-8-17-37-4;2-1-3/h10-11,13-14,22-24,27,34,47H,5-9,12,15-21,25-26H2,1-4H3,(H,42,49)(H,45,51)(H,52,53)(H2,43,44,46);20H,5-19H2,1-4H3,(H,25,36)(H,26,32)(H,27,33)(H,34,35);/t;20-;/m.1./s1. The summed E-state index contributed by atoms with van der Waals surface area (Å²) < 4.78 is 57.9. The number of pyridine rings is 1. The van der Waals surface area contributed by atoms with Gasteiger partial charge in [-0.15, -0.1) is 0 Å². The molecule has 2 aromatic heterocycles. The number of nitrogens with one attached hydrogen (secondary N) is 8. The lowest BCUT2D eigenvalue weighted by atomic mass is 10.1. The number of aromatic nitrogens is 3. The van der Waals surface area contributed by atoms with E-state index in [0.717, 1.165) is 57.7 Å². The van der Waals surface area contributed by atoms with Crippen molar-refractivity contribution in [2.75, 3.05) is 171 Å². The Morgan fingerprint density at radius 2 is 1.32 bits per heavy atom. The molecular formula is C66H104N14O19S. The summed E-state index contributed by atoms with van der Waals surface area (Å²) >= 11 is 0. The molecule has 1 saturated heterocycles. The number of amides is 5. The zero-order valence-electron chi connectivity index (χ0n) is 58.9. The first-order valence-corrected chi connectivity index (χ1v) is 34.8. The molecule has 1 unspecified atom stereocenters. The van der Waals surface area contributed by atoms with E-state index < -0.39 is 51.9 Å². The molecule has 0 bridgehead atoms. The third-order valence-corrected chi connectivity index (χ3v) is 17.4. The Morgan fingerprint density at radius 1 is 0.720 bits per heavy atom. The molecule has 5 rings (SSSR count). The average molecular weight is 1430 g/mol. The van der Waals surface area contributed by atoms with E-state index >= 15 is 0 Å². The Morgan fingerprint density at radius 3 is 1.92 bits per heavy atom. The monoisotopic (exact) mass is 1430 g/mol. The molecular weight excluding hydrogens is 1320 g/mol. The molecule has 2 atom stereocenters. The molecule has 5 amide bonds. The van der Waals surface area contributed by atoms with Crippen LogP contribution in [-0.2, 0) is 80.9 Å². The maximum absolute atomic E-state index is 13.5. The lowest BCUT2D eigenvalue weighted by Crippen LogP contribution is -2.51. The Hall–Kier alpha value is -8.28. The van der Waals surface area contributed by atoms with E-state index in [2.05, 4.69) is 70.2 Å². The lowest BCUT2D eigenvalue weighted by Gasteiger charge is -2.32. The van der Waals surface area contributed by atoms with Gasteiger partial charge in [-0.25, -0.2) is 13.4 Å². The Bertz CT molecular complexity index is 3350. The number of hydrogen-bond donors (Lipinski definition) is 10. The molecule has 2 aromatic carbocycles. The van der Waals surface area contributed by atoms with E-state index in [1.54, 1.807) is 63.2 Å². The number of benzene rings is 2. The van der Waals surface area contributed by atoms with Crippen LogP contribution in [0.4, 0.5) is 5.95 Å². The number of methoxy groups -OCH3 is 1. The van der Waals surface area contributed by atoms with Crippen LogP contribution in [0.15, 0.2) is 58.6 Å². The number of carboxylic acid groups (broad SMARTS) is 2. The number of unbranched alkanes of at least 4 members (excludes halogenated alkanes) is 1. The number of fused-ring (bicyclic) bond motifs is 1. The van der Waals surface area contributed by atoms with Crippen molar-refractivity contribution in [3.05, 3.63) is 81.4 Å². The van der Waals surface area contributed by atoms with Crippen LogP contribution in [0.1, 0.15) is 85.8 Å². The number of nitrogens with zero attached hydrogens (tertiary/aromatic N) is 6. The smallest absolute Gasteiger partial charge is 0.373 e. The first-order chi connectivity index (χ1) is 47.9. The highest BCUT2D eigenvalue weighted by Gasteiger charge is 2.30. The summed E-state index contributed by atoms with van der Waals surface area (Å²) in [7, 11) is 2.34. The van der Waals surface area contributed by atoms with Crippen molar-refractivity contribution in [2.45, 2.75) is 96.2 Å². The molecule has 3 heterocycles. The molecule has 1 fully saturated rings. The molecule has 34 heteroatoms. The molecule has 0 radical (unpaired) electrons. The molecule has 0 aliphatic carbocycles. The van der Waals surface area contributed by atoms with Gasteiger partial charge in [0.25, 0.3) is 5.91 Å². The number of carbonyl (C=O) groups is 7. The predicted octanol–water partition coefficient (Wildman–Crippen LogP) is 0.300. The molecule has 33 nitrogen and oxygen atoms in total. The van der Waals surface area contributed by atoms with Gasteiger partial charge in [-0.3, -0.25) is 48.2 Å². The fraction of sp³-hybridized carbons (Fsp3) is 0.606. The molecule has 10 N–H and O–H groups in total. The van der Waals surface area contributed by atoms with Crippen LogP contribution >= 0.6 is 0 Å². The largest absolute Gasteiger partial charge is 0.494 e. The number of ether oxygens (including phenoxy) is 5. The van der Waals surface area contributed by atoms with Crippen molar-refractivity contribution in [1.82, 2.24) is 65.4 Å². The summed E-state index contributed by atoms with van der Waals surface area (Å²) in [6, 6.07) is 5.60. The number of anilines is 1. The van der Waals surface area contributed by atoms with Gasteiger partial charge in [0.05, 0.1) is 63.1 Å². The lowest BCUT2D eigenvalue weighted by molar-refractivity contribution is -0.192. The Labute approximate surface area is 584 Å². The zero-order valence-corrected chi connectivity index (χ0v) is 59.7. The molecule has 100 heavy (non-hydrogen) atoms. The van der Waals surface area contributed by atoms with Gasteiger partial charge < -0.3 is 85.1 Å². The van der Waals surface area contributed by atoms with Crippen LogP contribution in [0.2, 0.25) is 0 Å². The molecule has 4 aromatic rings. The number of carbonyl (C=O) groups excluding carboxylic acids is 7. The van der Waals surface area contributed by atoms with Gasteiger partial charge in [-0.05, 0) is 94.1 Å². The number of imidazole rings is 1. The van der Waals surface area contributed by atoms with Crippen LogP contribution in [-0.4, -0.2) is 278 Å². The highest BCUT2D eigenvalue weighted by molar-refractivity contribution is 7.89. The summed E-state index contributed by atoms with van der Waals surface area (Å²) in [4.78, 5) is 131. The van der Waals surface area contributed by atoms with E-state index in [-0.39, 0.29) is 84.6 Å². The third kappa shape index (κ3) is 33.7. The average Bonchev–Trinajstić information content (AvgIpc) is 0.897. The number of sulfonamides is 1. The quantitative estimate of drug-likeness (QED) is 0.0267. The SMILES string of the molecule is CCCCOCCOCCOCCCNC(=O)CCCOc1cc(C)c(S(=O)(=O)NC(CNC(=O)c2cn(C)c3cc(CNc4ncc[nH]4)ccc3c2=O)C(=O)O)c(C)c1.CCN1CCN(C)CCN(CC(=O)O)CCN(CC(=O)N[C@H](CCC(=O)NCCOC)C(=O)NC)CC1.O=C=O. The van der Waals surface area contributed by atoms with Crippen molar-refractivity contribution in [3.63, 3.8) is 0 Å². The molecule has 1 aliphatic rings. The summed E-state index contributed by atoms with van der Waals surface area (Å²) in [6.45, 7) is 18.4. The molecule has 0 spiro atoms. The van der Waals surface area contributed by atoms with E-state index in [1.165, 1.54) is 25.4 Å². The second-order valence-electron chi connectivity index (χ2n) is 23.5. The molecule has 558 valence electrons.